The van der Waals surface area contributed by atoms with Crippen molar-refractivity contribution in [2.45, 2.75) is 19.5 Å². The average Bonchev–Trinajstić information content (AvgIpc) is 2.37. The summed E-state index contributed by atoms with van der Waals surface area (Å²) in [6.07, 6.45) is -4.06. The summed E-state index contributed by atoms with van der Waals surface area (Å²) in [5.74, 6) is -0.683. The fourth-order valence-corrected chi connectivity index (χ4v) is 1.53. The van der Waals surface area contributed by atoms with E-state index in [2.05, 4.69) is 0 Å². The Hall–Kier alpha value is -1.76. The molecule has 0 aliphatic heterocycles. The first-order chi connectivity index (χ1) is 9.36. The van der Waals surface area contributed by atoms with Crippen molar-refractivity contribution in [3.05, 3.63) is 29.3 Å². The Labute approximate surface area is 115 Å². The van der Waals surface area contributed by atoms with Crippen molar-refractivity contribution < 1.29 is 22.6 Å². The topological polar surface area (TPSA) is 68.3 Å². The van der Waals surface area contributed by atoms with Crippen molar-refractivity contribution in [2.24, 2.45) is 5.73 Å². The van der Waals surface area contributed by atoms with Crippen LogP contribution in [0.3, 0.4) is 0 Å². The van der Waals surface area contributed by atoms with E-state index in [0.717, 1.165) is 6.07 Å². The molecule has 20 heavy (non-hydrogen) atoms. The number of alkyl halides is 3. The lowest BCUT2D eigenvalue weighted by molar-refractivity contribution is -0.139. The van der Waals surface area contributed by atoms with Gasteiger partial charge in [0.15, 0.2) is 0 Å². The predicted octanol–water partition coefficient (Wildman–Crippen LogP) is 2.79. The zero-order valence-corrected chi connectivity index (χ0v) is 11.1. The summed E-state index contributed by atoms with van der Waals surface area (Å²) in [6, 6.07) is 3.33. The van der Waals surface area contributed by atoms with Gasteiger partial charge in [0.1, 0.15) is 11.6 Å². The van der Waals surface area contributed by atoms with Crippen LogP contribution in [-0.4, -0.2) is 25.7 Å². The highest BCUT2D eigenvalue weighted by Gasteiger charge is 2.34. The summed E-state index contributed by atoms with van der Waals surface area (Å²) in [7, 11) is 0. The van der Waals surface area contributed by atoms with Gasteiger partial charge in [0, 0.05) is 25.2 Å². The standard InChI is InChI=1S/C13H17F3N2O2/c1-2-19-6-3-7-20-11-5-4-9(12(17)18)8-10(11)13(14,15)16/h4-5,8H,2-3,6-7H2,1H3,(H3,17,18). The summed E-state index contributed by atoms with van der Waals surface area (Å²) in [4.78, 5) is 0. The van der Waals surface area contributed by atoms with Crippen molar-refractivity contribution in [3.8, 4) is 5.75 Å². The van der Waals surface area contributed by atoms with Gasteiger partial charge in [-0.3, -0.25) is 5.41 Å². The molecule has 0 spiro atoms. The first kappa shape index (κ1) is 16.3. The number of nitrogens with two attached hydrogens (primary N) is 1. The maximum absolute atomic E-state index is 12.9. The molecule has 0 aromatic heterocycles. The first-order valence-corrected chi connectivity index (χ1v) is 6.12. The minimum atomic E-state index is -4.55. The van der Waals surface area contributed by atoms with E-state index < -0.39 is 17.6 Å². The second kappa shape index (κ2) is 7.14. The molecule has 0 aliphatic carbocycles. The summed E-state index contributed by atoms with van der Waals surface area (Å²) in [6.45, 7) is 2.95. The van der Waals surface area contributed by atoms with Crippen LogP contribution < -0.4 is 10.5 Å². The summed E-state index contributed by atoms with van der Waals surface area (Å²) in [5.41, 5.74) is 4.27. The zero-order chi connectivity index (χ0) is 15.2. The molecule has 0 aliphatic rings. The zero-order valence-electron chi connectivity index (χ0n) is 11.1. The molecule has 1 aromatic rings. The van der Waals surface area contributed by atoms with Crippen molar-refractivity contribution in [2.75, 3.05) is 19.8 Å². The Morgan fingerprint density at radius 2 is 2.00 bits per heavy atom. The number of hydrogen-bond acceptors (Lipinski definition) is 3. The molecule has 0 fully saturated rings. The monoisotopic (exact) mass is 290 g/mol. The highest BCUT2D eigenvalue weighted by Crippen LogP contribution is 2.36. The van der Waals surface area contributed by atoms with Crippen LogP contribution in [0.25, 0.3) is 0 Å². The van der Waals surface area contributed by atoms with Crippen LogP contribution in [0.4, 0.5) is 13.2 Å². The molecule has 0 bridgehead atoms. The Morgan fingerprint density at radius 3 is 2.55 bits per heavy atom. The molecule has 0 atom stereocenters. The molecule has 3 N–H and O–H groups in total. The lowest BCUT2D eigenvalue weighted by Crippen LogP contribution is -2.15. The van der Waals surface area contributed by atoms with Crippen molar-refractivity contribution in [1.29, 1.82) is 5.41 Å². The SMILES string of the molecule is CCOCCCOc1ccc(C(=N)N)cc1C(F)(F)F. The molecular formula is C13H17F3N2O2. The minimum absolute atomic E-state index is 0.0130. The number of amidine groups is 1. The largest absolute Gasteiger partial charge is 0.493 e. The third kappa shape index (κ3) is 4.73. The van der Waals surface area contributed by atoms with E-state index in [1.807, 2.05) is 6.92 Å². The van der Waals surface area contributed by atoms with Crippen LogP contribution in [0.2, 0.25) is 0 Å². The molecule has 1 aromatic carbocycles. The molecule has 112 valence electrons. The van der Waals surface area contributed by atoms with Gasteiger partial charge >= 0.3 is 6.18 Å². The fourth-order valence-electron chi connectivity index (χ4n) is 1.53. The van der Waals surface area contributed by atoms with E-state index in [1.165, 1.54) is 12.1 Å². The lowest BCUT2D eigenvalue weighted by atomic mass is 10.1. The van der Waals surface area contributed by atoms with Gasteiger partial charge in [-0.2, -0.15) is 13.2 Å². The third-order valence-electron chi connectivity index (χ3n) is 2.49. The first-order valence-electron chi connectivity index (χ1n) is 6.12. The van der Waals surface area contributed by atoms with E-state index in [0.29, 0.717) is 19.6 Å². The molecule has 1 rings (SSSR count). The highest BCUT2D eigenvalue weighted by molar-refractivity contribution is 5.95. The van der Waals surface area contributed by atoms with Crippen molar-refractivity contribution in [3.63, 3.8) is 0 Å². The minimum Gasteiger partial charge on any atom is -0.493 e. The van der Waals surface area contributed by atoms with Gasteiger partial charge < -0.3 is 15.2 Å². The third-order valence-corrected chi connectivity index (χ3v) is 2.49. The van der Waals surface area contributed by atoms with Gasteiger partial charge in [0.2, 0.25) is 0 Å². The Kier molecular flexibility index (Phi) is 5.82. The number of halogens is 3. The molecule has 0 unspecified atom stereocenters. The van der Waals surface area contributed by atoms with Crippen LogP contribution >= 0.6 is 0 Å². The quantitative estimate of drug-likeness (QED) is 0.461. The number of benzene rings is 1. The Bertz CT molecular complexity index is 461. The number of ether oxygens (including phenoxy) is 2. The van der Waals surface area contributed by atoms with Crippen LogP contribution in [0.5, 0.6) is 5.75 Å². The van der Waals surface area contributed by atoms with Gasteiger partial charge in [-0.1, -0.05) is 0 Å². The van der Waals surface area contributed by atoms with Crippen LogP contribution in [0.15, 0.2) is 18.2 Å². The average molecular weight is 290 g/mol. The molecule has 0 saturated heterocycles. The van der Waals surface area contributed by atoms with Gasteiger partial charge in [0.25, 0.3) is 0 Å². The van der Waals surface area contributed by atoms with E-state index in [9.17, 15) is 13.2 Å². The Morgan fingerprint density at radius 1 is 1.30 bits per heavy atom. The smallest absolute Gasteiger partial charge is 0.419 e. The van der Waals surface area contributed by atoms with Crippen molar-refractivity contribution in [1.82, 2.24) is 0 Å². The summed E-state index contributed by atoms with van der Waals surface area (Å²) >= 11 is 0. The maximum Gasteiger partial charge on any atom is 0.419 e. The Balaban J connectivity index is 2.81. The molecule has 4 nitrogen and oxygen atoms in total. The molecule has 0 amide bonds. The number of hydrogen-bond donors (Lipinski definition) is 2. The fraction of sp³-hybridized carbons (Fsp3) is 0.462. The van der Waals surface area contributed by atoms with Gasteiger partial charge in [-0.05, 0) is 25.1 Å². The normalized spacial score (nSPS) is 11.4. The summed E-state index contributed by atoms with van der Waals surface area (Å²) < 4.78 is 48.9. The molecule has 7 heteroatoms. The molecule has 0 heterocycles. The van der Waals surface area contributed by atoms with Crippen LogP contribution in [0, 0.1) is 5.41 Å². The molecule has 0 radical (unpaired) electrons. The number of rotatable bonds is 7. The van der Waals surface area contributed by atoms with E-state index in [4.69, 9.17) is 20.6 Å². The maximum atomic E-state index is 12.9. The second-order valence-electron chi connectivity index (χ2n) is 4.02. The van der Waals surface area contributed by atoms with E-state index in [-0.39, 0.29) is 17.9 Å². The second-order valence-corrected chi connectivity index (χ2v) is 4.02. The molecular weight excluding hydrogens is 273 g/mol. The van der Waals surface area contributed by atoms with Gasteiger partial charge in [0.05, 0.1) is 12.2 Å². The van der Waals surface area contributed by atoms with E-state index in [1.54, 1.807) is 0 Å². The summed E-state index contributed by atoms with van der Waals surface area (Å²) in [5, 5.41) is 7.17. The molecule has 0 saturated carbocycles. The predicted molar refractivity (Wildman–Crippen MR) is 69.1 cm³/mol. The van der Waals surface area contributed by atoms with Crippen LogP contribution in [-0.2, 0) is 10.9 Å². The number of nitrogen functional groups attached to an aromatic ring is 1. The highest BCUT2D eigenvalue weighted by atomic mass is 19.4. The van der Waals surface area contributed by atoms with E-state index >= 15 is 0 Å². The van der Waals surface area contributed by atoms with Crippen LogP contribution in [0.1, 0.15) is 24.5 Å². The number of nitrogens with one attached hydrogen (secondary N) is 1. The van der Waals surface area contributed by atoms with Crippen molar-refractivity contribution >= 4 is 5.84 Å². The lowest BCUT2D eigenvalue weighted by Gasteiger charge is -2.15. The van der Waals surface area contributed by atoms with Gasteiger partial charge in [-0.25, -0.2) is 0 Å². The van der Waals surface area contributed by atoms with Gasteiger partial charge in [-0.15, -0.1) is 0 Å².